The first kappa shape index (κ1) is 14.8. The first-order valence-corrected chi connectivity index (χ1v) is 6.44. The minimum Gasteiger partial charge on any atom is -0.476 e. The lowest BCUT2D eigenvalue weighted by atomic mass is 10.2. The lowest BCUT2D eigenvalue weighted by Gasteiger charge is -2.32. The number of carboxylic acid groups (broad SMARTS) is 1. The van der Waals surface area contributed by atoms with Gasteiger partial charge < -0.3 is 20.6 Å². The number of amides is 3. The molecule has 1 aliphatic heterocycles. The number of hydrogen-bond donors (Lipinski definition) is 3. The van der Waals surface area contributed by atoms with Crippen LogP contribution in [-0.4, -0.2) is 68.6 Å². The lowest BCUT2D eigenvalue weighted by molar-refractivity contribution is -0.126. The Bertz CT molecular complexity index is 557. The van der Waals surface area contributed by atoms with Crippen LogP contribution in [0, 0.1) is 0 Å². The van der Waals surface area contributed by atoms with E-state index in [0.29, 0.717) is 19.6 Å². The van der Waals surface area contributed by atoms with Crippen LogP contribution in [0.4, 0.5) is 4.79 Å². The fourth-order valence-corrected chi connectivity index (χ4v) is 1.94. The standard InChI is InChI=1S/C11H16N6O4/c1-7-9(18)12-3-5-17(7)11(21)13-2-4-16-6-8(10(19)20)14-15-16/h6-7H,2-5H2,1H3,(H,12,18)(H,13,21)(H,19,20). The van der Waals surface area contributed by atoms with E-state index < -0.39 is 12.0 Å². The Labute approximate surface area is 120 Å². The third-order valence-corrected chi connectivity index (χ3v) is 3.13. The molecule has 2 heterocycles. The molecule has 0 aromatic carbocycles. The average Bonchev–Trinajstić information content (AvgIpc) is 2.91. The van der Waals surface area contributed by atoms with E-state index in [9.17, 15) is 14.4 Å². The molecule has 1 atom stereocenters. The Morgan fingerprint density at radius 2 is 2.33 bits per heavy atom. The van der Waals surface area contributed by atoms with Crippen molar-refractivity contribution in [2.45, 2.75) is 19.5 Å². The summed E-state index contributed by atoms with van der Waals surface area (Å²) in [6.45, 7) is 3.09. The molecule has 114 valence electrons. The number of rotatable bonds is 4. The maximum Gasteiger partial charge on any atom is 0.358 e. The molecule has 10 nitrogen and oxygen atoms in total. The monoisotopic (exact) mass is 296 g/mol. The first-order valence-electron chi connectivity index (χ1n) is 6.44. The van der Waals surface area contributed by atoms with Gasteiger partial charge in [0.25, 0.3) is 0 Å². The number of hydrogen-bond acceptors (Lipinski definition) is 5. The zero-order chi connectivity index (χ0) is 15.4. The maximum atomic E-state index is 12.0. The Morgan fingerprint density at radius 1 is 1.57 bits per heavy atom. The van der Waals surface area contributed by atoms with E-state index in [1.165, 1.54) is 15.8 Å². The predicted molar refractivity (Wildman–Crippen MR) is 69.6 cm³/mol. The molecule has 3 N–H and O–H groups in total. The SMILES string of the molecule is CC1C(=O)NCCN1C(=O)NCCn1cc(C(=O)O)nn1. The van der Waals surface area contributed by atoms with Crippen LogP contribution in [-0.2, 0) is 11.3 Å². The van der Waals surface area contributed by atoms with Crippen molar-refractivity contribution in [2.75, 3.05) is 19.6 Å². The number of aromatic carboxylic acids is 1. The topological polar surface area (TPSA) is 129 Å². The Kier molecular flexibility index (Phi) is 4.36. The van der Waals surface area contributed by atoms with Crippen molar-refractivity contribution in [1.82, 2.24) is 30.5 Å². The Morgan fingerprint density at radius 3 is 3.00 bits per heavy atom. The van der Waals surface area contributed by atoms with Gasteiger partial charge in [-0.15, -0.1) is 5.10 Å². The number of urea groups is 1. The molecular formula is C11H16N6O4. The highest BCUT2D eigenvalue weighted by Gasteiger charge is 2.28. The van der Waals surface area contributed by atoms with E-state index >= 15 is 0 Å². The smallest absolute Gasteiger partial charge is 0.358 e. The van der Waals surface area contributed by atoms with Crippen molar-refractivity contribution in [3.63, 3.8) is 0 Å². The second-order valence-corrected chi connectivity index (χ2v) is 4.56. The molecule has 10 heteroatoms. The van der Waals surface area contributed by atoms with Crippen LogP contribution in [0.25, 0.3) is 0 Å². The molecular weight excluding hydrogens is 280 g/mol. The Balaban J connectivity index is 1.81. The highest BCUT2D eigenvalue weighted by molar-refractivity contribution is 5.87. The number of nitrogens with zero attached hydrogens (tertiary/aromatic N) is 4. The number of carboxylic acids is 1. The molecule has 2 rings (SSSR count). The quantitative estimate of drug-likeness (QED) is 0.620. The van der Waals surface area contributed by atoms with Crippen molar-refractivity contribution < 1.29 is 19.5 Å². The van der Waals surface area contributed by atoms with Gasteiger partial charge in [-0.2, -0.15) is 0 Å². The predicted octanol–water partition coefficient (Wildman–Crippen LogP) is -1.49. The summed E-state index contributed by atoms with van der Waals surface area (Å²) in [5.41, 5.74) is -0.150. The fraction of sp³-hybridized carbons (Fsp3) is 0.545. The molecule has 0 aliphatic carbocycles. The van der Waals surface area contributed by atoms with Gasteiger partial charge >= 0.3 is 12.0 Å². The molecule has 1 fully saturated rings. The van der Waals surface area contributed by atoms with Crippen molar-refractivity contribution >= 4 is 17.9 Å². The molecule has 3 amide bonds. The van der Waals surface area contributed by atoms with Gasteiger partial charge in [0.2, 0.25) is 5.91 Å². The second kappa shape index (κ2) is 6.20. The molecule has 0 spiro atoms. The maximum absolute atomic E-state index is 12.0. The summed E-state index contributed by atoms with van der Waals surface area (Å²) in [6, 6.07) is -0.848. The highest BCUT2D eigenvalue weighted by atomic mass is 16.4. The molecule has 0 saturated carbocycles. The second-order valence-electron chi connectivity index (χ2n) is 4.56. The minimum absolute atomic E-state index is 0.150. The van der Waals surface area contributed by atoms with E-state index in [4.69, 9.17) is 5.11 Å². The van der Waals surface area contributed by atoms with Crippen LogP contribution in [0.3, 0.4) is 0 Å². The van der Waals surface area contributed by atoms with E-state index in [2.05, 4.69) is 20.9 Å². The molecule has 1 unspecified atom stereocenters. The van der Waals surface area contributed by atoms with Crippen molar-refractivity contribution in [3.8, 4) is 0 Å². The molecule has 0 bridgehead atoms. The van der Waals surface area contributed by atoms with Gasteiger partial charge in [0.15, 0.2) is 5.69 Å². The zero-order valence-corrected chi connectivity index (χ0v) is 11.4. The highest BCUT2D eigenvalue weighted by Crippen LogP contribution is 2.03. The van der Waals surface area contributed by atoms with Crippen LogP contribution in [0.15, 0.2) is 6.20 Å². The molecule has 21 heavy (non-hydrogen) atoms. The number of carbonyl (C=O) groups excluding carboxylic acids is 2. The molecule has 0 radical (unpaired) electrons. The largest absolute Gasteiger partial charge is 0.476 e. The van der Waals surface area contributed by atoms with Gasteiger partial charge in [0.1, 0.15) is 6.04 Å². The minimum atomic E-state index is -1.15. The third-order valence-electron chi connectivity index (χ3n) is 3.13. The zero-order valence-electron chi connectivity index (χ0n) is 11.4. The average molecular weight is 296 g/mol. The summed E-state index contributed by atoms with van der Waals surface area (Å²) in [5.74, 6) is -1.34. The van der Waals surface area contributed by atoms with Crippen molar-refractivity contribution in [1.29, 1.82) is 0 Å². The summed E-state index contributed by atoms with van der Waals surface area (Å²) in [6.07, 6.45) is 1.28. The summed E-state index contributed by atoms with van der Waals surface area (Å²) in [5, 5.41) is 21.1. The van der Waals surface area contributed by atoms with Crippen LogP contribution in [0.5, 0.6) is 0 Å². The number of nitrogens with one attached hydrogen (secondary N) is 2. The van der Waals surface area contributed by atoms with E-state index in [1.807, 2.05) is 0 Å². The molecule has 1 aromatic rings. The van der Waals surface area contributed by atoms with Crippen LogP contribution >= 0.6 is 0 Å². The molecule has 1 saturated heterocycles. The van der Waals surface area contributed by atoms with Gasteiger partial charge in [-0.05, 0) is 6.92 Å². The normalized spacial score (nSPS) is 18.2. The summed E-state index contributed by atoms with van der Waals surface area (Å²) >= 11 is 0. The van der Waals surface area contributed by atoms with Gasteiger partial charge in [-0.1, -0.05) is 5.21 Å². The number of aromatic nitrogens is 3. The van der Waals surface area contributed by atoms with E-state index in [-0.39, 0.29) is 24.2 Å². The summed E-state index contributed by atoms with van der Waals surface area (Å²) in [4.78, 5) is 35.5. The van der Waals surface area contributed by atoms with Crippen molar-refractivity contribution in [2.24, 2.45) is 0 Å². The van der Waals surface area contributed by atoms with Crippen LogP contribution in [0.1, 0.15) is 17.4 Å². The Hall–Kier alpha value is -2.65. The number of carbonyl (C=O) groups is 3. The summed E-state index contributed by atoms with van der Waals surface area (Å²) < 4.78 is 1.33. The van der Waals surface area contributed by atoms with Crippen LogP contribution in [0.2, 0.25) is 0 Å². The molecule has 1 aromatic heterocycles. The van der Waals surface area contributed by atoms with E-state index in [1.54, 1.807) is 6.92 Å². The lowest BCUT2D eigenvalue weighted by Crippen LogP contribution is -2.58. The summed E-state index contributed by atoms with van der Waals surface area (Å²) in [7, 11) is 0. The van der Waals surface area contributed by atoms with Gasteiger partial charge in [0, 0.05) is 19.6 Å². The van der Waals surface area contributed by atoms with Crippen LogP contribution < -0.4 is 10.6 Å². The van der Waals surface area contributed by atoms with Gasteiger partial charge in [0.05, 0.1) is 12.7 Å². The molecule has 1 aliphatic rings. The third kappa shape index (κ3) is 3.46. The first-order chi connectivity index (χ1) is 9.99. The van der Waals surface area contributed by atoms with E-state index in [0.717, 1.165) is 0 Å². The van der Waals surface area contributed by atoms with Crippen molar-refractivity contribution in [3.05, 3.63) is 11.9 Å². The fourth-order valence-electron chi connectivity index (χ4n) is 1.94. The number of piperazine rings is 1. The van der Waals surface area contributed by atoms with Gasteiger partial charge in [-0.3, -0.25) is 4.79 Å². The van der Waals surface area contributed by atoms with Gasteiger partial charge in [-0.25, -0.2) is 14.3 Å².